The van der Waals surface area contributed by atoms with Gasteiger partial charge in [0.05, 0.1) is 36.6 Å². The normalized spacial score (nSPS) is 20.6. The summed E-state index contributed by atoms with van der Waals surface area (Å²) >= 11 is 22.1. The molecule has 0 saturated carbocycles. The van der Waals surface area contributed by atoms with Gasteiger partial charge in [-0.15, -0.1) is 0 Å². The topological polar surface area (TPSA) is 162 Å². The van der Waals surface area contributed by atoms with E-state index in [1.54, 1.807) is 31.8 Å². The smallest absolute Gasteiger partial charge is 0.0906 e. The second-order valence-corrected chi connectivity index (χ2v) is 24.3. The van der Waals surface area contributed by atoms with Gasteiger partial charge in [0.15, 0.2) is 0 Å². The molecule has 244 valence electrons. The molecule has 1 fully saturated rings. The Balaban J connectivity index is -0.000000125. The van der Waals surface area contributed by atoms with Crippen molar-refractivity contribution in [2.45, 2.75) is 73.7 Å². The summed E-state index contributed by atoms with van der Waals surface area (Å²) in [4.78, 5) is 0. The van der Waals surface area contributed by atoms with Crippen molar-refractivity contribution in [1.29, 1.82) is 0 Å². The number of hydrogen-bond donors (Lipinski definition) is 12. The predicted octanol–water partition coefficient (Wildman–Crippen LogP) is -0.0635. The summed E-state index contributed by atoms with van der Waals surface area (Å²) in [7, 11) is 4.89. The average Bonchev–Trinajstić information content (AvgIpc) is 2.96. The molecule has 1 heterocycles. The molecule has 39 heavy (non-hydrogen) atoms. The number of hydrogen-bond acceptors (Lipinski definition) is 16. The Kier molecular flexibility index (Phi) is 54.0. The van der Waals surface area contributed by atoms with E-state index >= 15 is 0 Å². The van der Waals surface area contributed by atoms with Gasteiger partial charge in [-0.3, -0.25) is 0 Å². The maximum Gasteiger partial charge on any atom is 0.0906 e. The average molecular weight is 911 g/mol. The Bertz CT molecular complexity index is 416. The van der Waals surface area contributed by atoms with Crippen molar-refractivity contribution in [2.75, 3.05) is 46.0 Å². The van der Waals surface area contributed by atoms with Crippen LogP contribution < -0.4 is 0 Å². The van der Waals surface area contributed by atoms with Crippen molar-refractivity contribution in [3.05, 3.63) is 0 Å². The zero-order chi connectivity index (χ0) is 30.5. The third-order valence-electron chi connectivity index (χ3n) is 3.78. The van der Waals surface area contributed by atoms with Gasteiger partial charge in [-0.1, -0.05) is 29.0 Å². The molecule has 0 radical (unpaired) electrons. The van der Waals surface area contributed by atoms with Crippen molar-refractivity contribution in [2.24, 2.45) is 0 Å². The quantitative estimate of drug-likeness (QED) is 0.0549. The van der Waals surface area contributed by atoms with E-state index in [2.05, 4.69) is 80.6 Å². The number of thiol groups is 4. The fourth-order valence-electron chi connectivity index (χ4n) is 1.30. The molecule has 0 amide bonds. The van der Waals surface area contributed by atoms with E-state index < -0.39 is 48.8 Å². The van der Waals surface area contributed by atoms with Crippen molar-refractivity contribution >= 4 is 135 Å². The summed E-state index contributed by atoms with van der Waals surface area (Å²) in [6, 6.07) is 0. The summed E-state index contributed by atoms with van der Waals surface area (Å²) in [5, 5.41) is 70.9. The molecule has 1 saturated heterocycles. The van der Waals surface area contributed by atoms with Gasteiger partial charge >= 0.3 is 114 Å². The zero-order valence-electron chi connectivity index (χ0n) is 21.5. The molecule has 0 unspecified atom stereocenters. The molecule has 0 aliphatic carbocycles. The molecule has 1 aliphatic rings. The van der Waals surface area contributed by atoms with Crippen LogP contribution in [0, 0.1) is 0 Å². The van der Waals surface area contributed by atoms with Crippen molar-refractivity contribution in [3.63, 3.8) is 0 Å². The molecular formula is C20H49O8S8Se3-. The van der Waals surface area contributed by atoms with E-state index in [4.69, 9.17) is 40.9 Å². The molecule has 1 aliphatic heterocycles. The molecule has 19 heteroatoms. The summed E-state index contributed by atoms with van der Waals surface area (Å²) in [5.74, 6) is 9.88. The molecule has 8 atom stereocenters. The second-order valence-electron chi connectivity index (χ2n) is 6.79. The molecule has 8 nitrogen and oxygen atoms in total. The zero-order valence-corrected chi connectivity index (χ0v) is 33.5. The standard InChI is InChI=1S/C5H12O2S2Se.C4H8O2S2.2C4H10O2S2.C2H6Se2.CH4/c1-10-9-3-5(7)4(6)2-8;5-3-1-7-8-2-4(3)6;2*5-3(1-7)4(6)2-8;1-3-4-2;/h4-8H,2-3H2,1H3;3-6H,1-2H2;2*3-8H,1-2H2;1-2H3;1H4/p-1/t4-,5-;3*3-,4-;;/m1111../s1. The van der Waals surface area contributed by atoms with Crippen molar-refractivity contribution in [3.8, 4) is 0 Å². The van der Waals surface area contributed by atoms with E-state index in [1.807, 2.05) is 0 Å². The number of rotatable bonds is 12. The molecule has 0 bridgehead atoms. The van der Waals surface area contributed by atoms with Crippen LogP contribution >= 0.6 is 82.3 Å². The summed E-state index contributed by atoms with van der Waals surface area (Å²) in [5.41, 5.74) is 0. The number of aliphatic hydroxyl groups is 8. The number of aliphatic hydroxyl groups excluding tert-OH is 8. The first kappa shape index (κ1) is 52.6. The minimum atomic E-state index is -0.740. The van der Waals surface area contributed by atoms with Gasteiger partial charge in [-0.05, 0) is 0 Å². The van der Waals surface area contributed by atoms with Crippen LogP contribution in [0.15, 0.2) is 0 Å². The molecule has 1 rings (SSSR count). The Hall–Kier alpha value is 4.04. The summed E-state index contributed by atoms with van der Waals surface area (Å²) in [6.07, 6.45) is -5.31. The Morgan fingerprint density at radius 3 is 1.18 bits per heavy atom. The van der Waals surface area contributed by atoms with E-state index in [-0.39, 0.29) is 36.2 Å². The first-order valence-electron chi connectivity index (χ1n) is 10.8. The van der Waals surface area contributed by atoms with Crippen LogP contribution in [0.2, 0.25) is 17.5 Å². The third kappa shape index (κ3) is 38.1. The van der Waals surface area contributed by atoms with Gasteiger partial charge in [-0.2, -0.15) is 50.5 Å². The van der Waals surface area contributed by atoms with E-state index in [0.717, 1.165) is 26.3 Å². The van der Waals surface area contributed by atoms with E-state index in [0.29, 0.717) is 31.1 Å². The Morgan fingerprint density at radius 2 is 1.00 bits per heavy atom. The maximum atomic E-state index is 9.12. The van der Waals surface area contributed by atoms with Crippen LogP contribution in [0.5, 0.6) is 0 Å². The largest absolute Gasteiger partial charge is 0.390 e. The minimum Gasteiger partial charge on any atom is -0.390 e. The third-order valence-corrected chi connectivity index (χ3v) is 15.4. The van der Waals surface area contributed by atoms with E-state index in [9.17, 15) is 0 Å². The second kappa shape index (κ2) is 40.1. The molecule has 0 aromatic heterocycles. The van der Waals surface area contributed by atoms with E-state index in [1.165, 1.54) is 0 Å². The Morgan fingerprint density at radius 1 is 0.692 bits per heavy atom. The van der Waals surface area contributed by atoms with Crippen molar-refractivity contribution in [1.82, 2.24) is 0 Å². The van der Waals surface area contributed by atoms with Crippen LogP contribution in [0.1, 0.15) is 7.43 Å². The Labute approximate surface area is 292 Å². The molecule has 0 aromatic rings. The first-order valence-corrected chi connectivity index (χ1v) is 28.9. The molecule has 0 aromatic carbocycles. The summed E-state index contributed by atoms with van der Waals surface area (Å²) < 4.78 is 0. The fourth-order valence-corrected chi connectivity index (χ4v) is 7.06. The minimum absolute atomic E-state index is 0. The predicted molar refractivity (Wildman–Crippen MR) is 195 cm³/mol. The molecule has 0 spiro atoms. The monoisotopic (exact) mass is 913 g/mol. The van der Waals surface area contributed by atoms with Gasteiger partial charge in [0.25, 0.3) is 0 Å². The fraction of sp³-hybridized carbons (Fsp3) is 1.00. The van der Waals surface area contributed by atoms with Gasteiger partial charge in [0.2, 0.25) is 0 Å². The van der Waals surface area contributed by atoms with Crippen LogP contribution in [0.25, 0.3) is 0 Å². The van der Waals surface area contributed by atoms with Crippen molar-refractivity contribution < 1.29 is 40.9 Å². The van der Waals surface area contributed by atoms with Crippen LogP contribution in [0.3, 0.4) is 0 Å². The maximum absolute atomic E-state index is 9.12. The van der Waals surface area contributed by atoms with Gasteiger partial charge in [0.1, 0.15) is 0 Å². The summed E-state index contributed by atoms with van der Waals surface area (Å²) in [6.45, 7) is 0. The molecule has 8 N–H and O–H groups in total. The SMILES string of the molecule is C.C[Se]SC[C@@H](O)[C@H](O)C[S-].C[Se][Se]C.O[C@@H]1CSSC[C@H]1O.O[C@H](CS)[C@H](O)CS.O[C@H](CS)[C@H](O)CS. The van der Waals surface area contributed by atoms with Gasteiger partial charge < -0.3 is 30.6 Å². The van der Waals surface area contributed by atoms with Crippen LogP contribution in [0.4, 0.5) is 0 Å². The van der Waals surface area contributed by atoms with Crippen LogP contribution in [-0.2, 0) is 12.6 Å². The first-order chi connectivity index (χ1) is 17.9. The molecular weight excluding hydrogens is 862 g/mol. The van der Waals surface area contributed by atoms with Gasteiger partial charge in [0, 0.05) is 34.5 Å². The van der Waals surface area contributed by atoms with Gasteiger partial charge in [-0.25, -0.2) is 0 Å². The van der Waals surface area contributed by atoms with Crippen LogP contribution in [-0.4, -0.2) is 176 Å².